The molecule has 0 aliphatic carbocycles. The molecular formula is C44H64N4O10. The zero-order valence-corrected chi connectivity index (χ0v) is 34.4. The van der Waals surface area contributed by atoms with Gasteiger partial charge in [-0.05, 0) is 62.3 Å². The average Bonchev–Trinajstić information content (AvgIpc) is 3.18. The van der Waals surface area contributed by atoms with Crippen LogP contribution in [-0.2, 0) is 35.2 Å². The largest absolute Gasteiger partial charge is 0.391 e. The Hall–Kier alpha value is -4.63. The van der Waals surface area contributed by atoms with E-state index in [1.807, 2.05) is 12.1 Å². The van der Waals surface area contributed by atoms with Crippen LogP contribution in [0.5, 0.6) is 0 Å². The van der Waals surface area contributed by atoms with Crippen LogP contribution in [0.25, 0.3) is 11.1 Å². The predicted octanol–water partition coefficient (Wildman–Crippen LogP) is 3.48. The number of hydrogen-bond donors (Lipinski definition) is 7. The summed E-state index contributed by atoms with van der Waals surface area (Å²) in [5, 5.41) is 34.1. The molecule has 2 rings (SSSR count). The third-order valence-electron chi connectivity index (χ3n) is 10.2. The molecule has 0 bridgehead atoms. The van der Waals surface area contributed by atoms with E-state index in [0.717, 1.165) is 30.4 Å². The molecule has 320 valence electrons. The zero-order chi connectivity index (χ0) is 43.4. The van der Waals surface area contributed by atoms with Crippen molar-refractivity contribution in [3.05, 3.63) is 59.7 Å². The molecule has 14 nitrogen and oxygen atoms in total. The van der Waals surface area contributed by atoms with Crippen LogP contribution in [0, 0.1) is 17.8 Å². The second kappa shape index (κ2) is 25.7. The topological polar surface area (TPSA) is 256 Å². The quantitative estimate of drug-likeness (QED) is 0.0356. The maximum absolute atomic E-state index is 13.5. The monoisotopic (exact) mass is 808 g/mol. The average molecular weight is 809 g/mol. The van der Waals surface area contributed by atoms with Crippen LogP contribution in [0.15, 0.2) is 48.5 Å². The minimum atomic E-state index is -1.80. The lowest BCUT2D eigenvalue weighted by molar-refractivity contribution is -0.137. The molecule has 58 heavy (non-hydrogen) atoms. The molecule has 0 saturated heterocycles. The molecule has 2 aromatic carbocycles. The summed E-state index contributed by atoms with van der Waals surface area (Å²) in [5.41, 5.74) is 14.8. The molecule has 14 heteroatoms. The highest BCUT2D eigenvalue weighted by Gasteiger charge is 2.33. The Labute approximate surface area is 341 Å². The van der Waals surface area contributed by atoms with Crippen LogP contribution >= 0.6 is 0 Å². The fraction of sp³-hybridized carbons (Fsp3) is 0.568. The van der Waals surface area contributed by atoms with Crippen molar-refractivity contribution in [2.45, 2.75) is 136 Å². The van der Waals surface area contributed by atoms with Crippen molar-refractivity contribution in [3.63, 3.8) is 0 Å². The highest BCUT2D eigenvalue weighted by molar-refractivity contribution is 5.98. The van der Waals surface area contributed by atoms with E-state index in [-0.39, 0.29) is 37.2 Å². The molecule has 0 aliphatic rings. The Morgan fingerprint density at radius 1 is 0.690 bits per heavy atom. The number of rotatable bonds is 29. The van der Waals surface area contributed by atoms with Gasteiger partial charge in [0.15, 0.2) is 23.6 Å². The van der Waals surface area contributed by atoms with Crippen LogP contribution in [0.2, 0.25) is 0 Å². The number of aryl methyl sites for hydroxylation is 1. The van der Waals surface area contributed by atoms with E-state index in [4.69, 9.17) is 11.5 Å². The van der Waals surface area contributed by atoms with Crippen molar-refractivity contribution in [2.24, 2.45) is 29.2 Å². The number of amides is 3. The molecule has 0 fully saturated rings. The number of carbonyl (C=O) groups excluding carboxylic acids is 7. The zero-order valence-electron chi connectivity index (χ0n) is 34.4. The maximum Gasteiger partial charge on any atom is 0.224 e. The SMILES string of the molecule is CCCCc1ccc(-c2ccc(C(=O)CCCC(=O)C[C@@H](CCCCN)C(=O)N[C@H](C(=O)C[C@@H](C)C(=O)N[C@@H](CC(N)=O)C(=O)C[C@@H](C)C(O)O)[C@@H](C)O)cc2)cc1. The molecule has 0 radical (unpaired) electrons. The van der Waals surface area contributed by atoms with Crippen LogP contribution in [0.3, 0.4) is 0 Å². The molecule has 9 N–H and O–H groups in total. The van der Waals surface area contributed by atoms with E-state index in [1.54, 1.807) is 12.1 Å². The van der Waals surface area contributed by atoms with Gasteiger partial charge >= 0.3 is 0 Å². The van der Waals surface area contributed by atoms with E-state index in [1.165, 1.54) is 26.3 Å². The van der Waals surface area contributed by atoms with Gasteiger partial charge in [0.25, 0.3) is 0 Å². The Kier molecular flexibility index (Phi) is 21.9. The highest BCUT2D eigenvalue weighted by atomic mass is 16.5. The van der Waals surface area contributed by atoms with Gasteiger partial charge in [0.2, 0.25) is 17.7 Å². The fourth-order valence-electron chi connectivity index (χ4n) is 6.51. The van der Waals surface area contributed by atoms with Gasteiger partial charge in [-0.1, -0.05) is 82.1 Å². The number of aliphatic hydroxyl groups excluding tert-OH is 2. The molecule has 0 unspecified atom stereocenters. The summed E-state index contributed by atoms with van der Waals surface area (Å²) in [6.45, 7) is 6.63. The van der Waals surface area contributed by atoms with Gasteiger partial charge < -0.3 is 37.4 Å². The molecule has 0 saturated carbocycles. The van der Waals surface area contributed by atoms with E-state index in [0.29, 0.717) is 37.8 Å². The molecule has 0 spiro atoms. The summed E-state index contributed by atoms with van der Waals surface area (Å²) in [6, 6.07) is 13.0. The first-order valence-corrected chi connectivity index (χ1v) is 20.4. The summed E-state index contributed by atoms with van der Waals surface area (Å²) in [7, 11) is 0. The number of primary amides is 1. The number of nitrogens with one attached hydrogen (secondary N) is 2. The number of benzene rings is 2. The number of nitrogens with two attached hydrogens (primary N) is 2. The van der Waals surface area contributed by atoms with Gasteiger partial charge in [-0.15, -0.1) is 0 Å². The first kappa shape index (κ1) is 49.5. The van der Waals surface area contributed by atoms with E-state index < -0.39 is 84.4 Å². The third-order valence-corrected chi connectivity index (χ3v) is 10.2. The molecular weight excluding hydrogens is 745 g/mol. The van der Waals surface area contributed by atoms with Crippen molar-refractivity contribution in [1.82, 2.24) is 10.6 Å². The number of aliphatic hydroxyl groups is 3. The maximum atomic E-state index is 13.5. The van der Waals surface area contributed by atoms with E-state index in [9.17, 15) is 48.9 Å². The smallest absolute Gasteiger partial charge is 0.224 e. The normalized spacial score (nSPS) is 14.4. The number of carbonyl (C=O) groups is 7. The number of unbranched alkanes of at least 4 members (excludes halogenated alkanes) is 2. The van der Waals surface area contributed by atoms with Crippen molar-refractivity contribution in [2.75, 3.05) is 6.54 Å². The van der Waals surface area contributed by atoms with Gasteiger partial charge in [0.1, 0.15) is 11.8 Å². The molecule has 0 heterocycles. The van der Waals surface area contributed by atoms with Crippen LogP contribution in [-0.4, -0.2) is 87.2 Å². The van der Waals surface area contributed by atoms with Crippen LogP contribution in [0.4, 0.5) is 0 Å². The minimum absolute atomic E-state index is 0.0685. The predicted molar refractivity (Wildman–Crippen MR) is 220 cm³/mol. The number of ketones is 4. The second-order valence-electron chi connectivity index (χ2n) is 15.5. The Balaban J connectivity index is 1.99. The van der Waals surface area contributed by atoms with Gasteiger partial charge in [-0.2, -0.15) is 0 Å². The highest BCUT2D eigenvalue weighted by Crippen LogP contribution is 2.23. The summed E-state index contributed by atoms with van der Waals surface area (Å²) >= 11 is 0. The van der Waals surface area contributed by atoms with Crippen molar-refractivity contribution in [1.29, 1.82) is 0 Å². The van der Waals surface area contributed by atoms with Gasteiger partial charge in [0, 0.05) is 55.4 Å². The molecule has 0 aliphatic heterocycles. The lowest BCUT2D eigenvalue weighted by atomic mass is 9.91. The van der Waals surface area contributed by atoms with Crippen molar-refractivity contribution in [3.8, 4) is 11.1 Å². The number of hydrogen-bond acceptors (Lipinski definition) is 11. The number of Topliss-reactive ketones (excluding diaryl/α,β-unsaturated/α-hetero) is 4. The van der Waals surface area contributed by atoms with Gasteiger partial charge in [-0.25, -0.2) is 0 Å². The van der Waals surface area contributed by atoms with Crippen molar-refractivity contribution >= 4 is 40.9 Å². The summed E-state index contributed by atoms with van der Waals surface area (Å²) in [4.78, 5) is 90.3. The lowest BCUT2D eigenvalue weighted by Crippen LogP contribution is -2.51. The molecule has 6 atom stereocenters. The molecule has 3 amide bonds. The summed E-state index contributed by atoms with van der Waals surface area (Å²) in [5.74, 6) is -6.73. The molecule has 0 aromatic heterocycles. The van der Waals surface area contributed by atoms with E-state index in [2.05, 4.69) is 41.8 Å². The Morgan fingerprint density at radius 2 is 1.31 bits per heavy atom. The van der Waals surface area contributed by atoms with Crippen molar-refractivity contribution < 1.29 is 48.9 Å². The van der Waals surface area contributed by atoms with E-state index >= 15 is 0 Å². The summed E-state index contributed by atoms with van der Waals surface area (Å²) < 4.78 is 0. The summed E-state index contributed by atoms with van der Waals surface area (Å²) in [6.07, 6.45) is 0.584. The second-order valence-corrected chi connectivity index (χ2v) is 15.5. The van der Waals surface area contributed by atoms with Crippen LogP contribution < -0.4 is 22.1 Å². The standard InChI is InChI=1S/C44H64N4O10/c1-5-6-10-30-14-16-31(17-15-30)32-18-20-33(21-19-32)37(51)13-9-12-35(50)25-34(11-7-8-22-45)43(56)48-41(29(4)49)39(53)23-27(2)42(55)47-36(26-40(46)54)38(52)24-28(3)44(57)58/h14-21,27-29,34,36,41,44,49,57-58H,5-13,22-26,45H2,1-4H3,(H2,46,54)(H,47,55)(H,48,56)/t27-,28-,29-,34-,36+,41+/m1/s1. The molecule has 2 aromatic rings. The first-order chi connectivity index (χ1) is 27.5. The Morgan fingerprint density at radius 3 is 1.86 bits per heavy atom. The minimum Gasteiger partial charge on any atom is -0.391 e. The third kappa shape index (κ3) is 17.5. The van der Waals surface area contributed by atoms with Crippen LogP contribution in [0.1, 0.15) is 121 Å². The van der Waals surface area contributed by atoms with Gasteiger partial charge in [-0.3, -0.25) is 33.6 Å². The first-order valence-electron chi connectivity index (χ1n) is 20.4. The Bertz CT molecular complexity index is 1660. The lowest BCUT2D eigenvalue weighted by Gasteiger charge is -2.25. The fourth-order valence-corrected chi connectivity index (χ4v) is 6.51. The van der Waals surface area contributed by atoms with Gasteiger partial charge in [0.05, 0.1) is 18.6 Å².